The zero-order chi connectivity index (χ0) is 11.4. The quantitative estimate of drug-likeness (QED) is 0.711. The monoisotopic (exact) mass is 208 g/mol. The Kier molecular flexibility index (Phi) is 3.61. The van der Waals surface area contributed by atoms with Crippen LogP contribution in [0.1, 0.15) is 12.5 Å². The Hall–Kier alpha value is -1.64. The molecule has 0 aliphatic rings. The van der Waals surface area contributed by atoms with E-state index in [4.69, 9.17) is 4.74 Å². The number of Topliss-reactive ketones (excluding diaryl/α,β-unsaturated/α-hetero) is 1. The van der Waals surface area contributed by atoms with E-state index in [2.05, 4.69) is 6.58 Å². The first-order valence-corrected chi connectivity index (χ1v) is 4.55. The van der Waals surface area contributed by atoms with Crippen molar-refractivity contribution in [2.45, 2.75) is 13.3 Å². The number of rotatable bonds is 4. The molecule has 0 fully saturated rings. The second-order valence-corrected chi connectivity index (χ2v) is 3.35. The maximum Gasteiger partial charge on any atom is 0.165 e. The van der Waals surface area contributed by atoms with Crippen molar-refractivity contribution in [1.29, 1.82) is 0 Å². The highest BCUT2D eigenvalue weighted by molar-refractivity contribution is 5.95. The molecule has 0 aliphatic carbocycles. The zero-order valence-electron chi connectivity index (χ0n) is 8.84. The average molecular weight is 208 g/mol. The van der Waals surface area contributed by atoms with Crippen molar-refractivity contribution in [2.75, 3.05) is 7.11 Å². The third-order valence-corrected chi connectivity index (χ3v) is 2.06. The van der Waals surface area contributed by atoms with E-state index in [1.54, 1.807) is 13.0 Å². The second-order valence-electron chi connectivity index (χ2n) is 3.35. The lowest BCUT2D eigenvalue weighted by Crippen LogP contribution is -2.03. The Labute approximate surface area is 88.4 Å². The Balaban J connectivity index is 2.84. The van der Waals surface area contributed by atoms with Crippen molar-refractivity contribution in [1.82, 2.24) is 0 Å². The van der Waals surface area contributed by atoms with Gasteiger partial charge in [0.1, 0.15) is 0 Å². The molecule has 0 spiro atoms. The largest absolute Gasteiger partial charge is 0.494 e. The lowest BCUT2D eigenvalue weighted by Gasteiger charge is -2.04. The van der Waals surface area contributed by atoms with Gasteiger partial charge >= 0.3 is 0 Å². The molecule has 3 heteroatoms. The van der Waals surface area contributed by atoms with Gasteiger partial charge in [-0.05, 0) is 30.2 Å². The highest BCUT2D eigenvalue weighted by Crippen LogP contribution is 2.18. The smallest absolute Gasteiger partial charge is 0.165 e. The number of ether oxygens (including phenoxy) is 1. The van der Waals surface area contributed by atoms with Crippen LogP contribution in [0.15, 0.2) is 30.4 Å². The zero-order valence-corrected chi connectivity index (χ0v) is 8.84. The molecule has 80 valence electrons. The van der Waals surface area contributed by atoms with Crippen LogP contribution in [0.4, 0.5) is 4.39 Å². The van der Waals surface area contributed by atoms with Crippen LogP contribution >= 0.6 is 0 Å². The van der Waals surface area contributed by atoms with Crippen LogP contribution in [0.5, 0.6) is 5.75 Å². The minimum absolute atomic E-state index is 0.0837. The fourth-order valence-electron chi connectivity index (χ4n) is 1.16. The fourth-order valence-corrected chi connectivity index (χ4v) is 1.16. The van der Waals surface area contributed by atoms with Gasteiger partial charge in [-0.25, -0.2) is 4.39 Å². The molecule has 0 amide bonds. The van der Waals surface area contributed by atoms with E-state index in [1.165, 1.54) is 19.2 Å². The number of ketones is 1. The maximum absolute atomic E-state index is 13.2. The molecular weight excluding hydrogens is 195 g/mol. The van der Waals surface area contributed by atoms with E-state index in [0.717, 1.165) is 0 Å². The maximum atomic E-state index is 13.2. The summed E-state index contributed by atoms with van der Waals surface area (Å²) < 4.78 is 18.0. The summed E-state index contributed by atoms with van der Waals surface area (Å²) in [5, 5.41) is 0. The molecule has 1 rings (SSSR count). The van der Waals surface area contributed by atoms with Gasteiger partial charge in [-0.3, -0.25) is 4.79 Å². The predicted octanol–water partition coefficient (Wildman–Crippen LogP) is 2.52. The molecule has 0 bridgehead atoms. The van der Waals surface area contributed by atoms with E-state index in [1.807, 2.05) is 0 Å². The van der Waals surface area contributed by atoms with Crippen LogP contribution in [0, 0.1) is 5.82 Å². The molecule has 15 heavy (non-hydrogen) atoms. The summed E-state index contributed by atoms with van der Waals surface area (Å²) in [5.41, 5.74) is 1.10. The van der Waals surface area contributed by atoms with Crippen molar-refractivity contribution in [3.05, 3.63) is 41.7 Å². The molecule has 0 saturated heterocycles. The Morgan fingerprint density at radius 1 is 1.53 bits per heavy atom. The molecule has 0 saturated carbocycles. The molecule has 0 atom stereocenters. The Morgan fingerprint density at radius 2 is 2.20 bits per heavy atom. The average Bonchev–Trinajstić information content (AvgIpc) is 2.18. The van der Waals surface area contributed by atoms with E-state index < -0.39 is 5.82 Å². The molecule has 1 aromatic rings. The number of allylic oxidation sites excluding steroid dienone is 1. The fraction of sp³-hybridized carbons (Fsp3) is 0.250. The van der Waals surface area contributed by atoms with Gasteiger partial charge in [0.15, 0.2) is 17.3 Å². The summed E-state index contributed by atoms with van der Waals surface area (Å²) >= 11 is 0. The van der Waals surface area contributed by atoms with Crippen molar-refractivity contribution in [2.24, 2.45) is 0 Å². The molecule has 1 aromatic carbocycles. The SMILES string of the molecule is C=C(C)C(=O)Cc1ccc(OC)c(F)c1. The van der Waals surface area contributed by atoms with Crippen LogP contribution in [0.2, 0.25) is 0 Å². The number of methoxy groups -OCH3 is 1. The van der Waals surface area contributed by atoms with Gasteiger partial charge in [0.2, 0.25) is 0 Å². The number of hydrogen-bond donors (Lipinski definition) is 0. The minimum atomic E-state index is -0.454. The summed E-state index contributed by atoms with van der Waals surface area (Å²) in [6.07, 6.45) is 0.177. The second kappa shape index (κ2) is 4.73. The highest BCUT2D eigenvalue weighted by Gasteiger charge is 2.07. The van der Waals surface area contributed by atoms with Crippen LogP contribution in [-0.2, 0) is 11.2 Å². The minimum Gasteiger partial charge on any atom is -0.494 e. The standard InChI is InChI=1S/C12H13FO2/c1-8(2)11(14)7-9-4-5-12(15-3)10(13)6-9/h4-6H,1,7H2,2-3H3. The van der Waals surface area contributed by atoms with Gasteiger partial charge in [0.05, 0.1) is 7.11 Å². The van der Waals surface area contributed by atoms with Crippen LogP contribution in [0.3, 0.4) is 0 Å². The molecule has 0 aromatic heterocycles. The predicted molar refractivity (Wildman–Crippen MR) is 56.5 cm³/mol. The first kappa shape index (κ1) is 11.4. The molecule has 0 heterocycles. The van der Waals surface area contributed by atoms with Gasteiger partial charge in [0, 0.05) is 6.42 Å². The third kappa shape index (κ3) is 2.91. The van der Waals surface area contributed by atoms with Crippen molar-refractivity contribution >= 4 is 5.78 Å². The van der Waals surface area contributed by atoms with Crippen LogP contribution in [0.25, 0.3) is 0 Å². The number of carbonyl (C=O) groups excluding carboxylic acids is 1. The van der Waals surface area contributed by atoms with Crippen molar-refractivity contribution < 1.29 is 13.9 Å². The van der Waals surface area contributed by atoms with Crippen LogP contribution in [-0.4, -0.2) is 12.9 Å². The van der Waals surface area contributed by atoms with Gasteiger partial charge in [-0.15, -0.1) is 0 Å². The number of carbonyl (C=O) groups is 1. The van der Waals surface area contributed by atoms with Gasteiger partial charge in [-0.2, -0.15) is 0 Å². The summed E-state index contributed by atoms with van der Waals surface area (Å²) in [4.78, 5) is 11.3. The molecular formula is C12H13FO2. The first-order valence-electron chi connectivity index (χ1n) is 4.55. The van der Waals surface area contributed by atoms with E-state index in [0.29, 0.717) is 11.1 Å². The number of benzene rings is 1. The van der Waals surface area contributed by atoms with Crippen LogP contribution < -0.4 is 4.74 Å². The normalized spacial score (nSPS) is 9.80. The number of hydrogen-bond acceptors (Lipinski definition) is 2. The highest BCUT2D eigenvalue weighted by atomic mass is 19.1. The summed E-state index contributed by atoms with van der Waals surface area (Å²) in [7, 11) is 1.40. The Morgan fingerprint density at radius 3 is 2.67 bits per heavy atom. The topological polar surface area (TPSA) is 26.3 Å². The molecule has 2 nitrogen and oxygen atoms in total. The number of halogens is 1. The summed E-state index contributed by atoms with van der Waals surface area (Å²) in [6.45, 7) is 5.18. The summed E-state index contributed by atoms with van der Waals surface area (Å²) in [6, 6.07) is 4.48. The van der Waals surface area contributed by atoms with Crippen molar-refractivity contribution in [3.8, 4) is 5.75 Å². The van der Waals surface area contributed by atoms with E-state index >= 15 is 0 Å². The summed E-state index contributed by atoms with van der Waals surface area (Å²) in [5.74, 6) is -0.356. The molecule has 0 N–H and O–H groups in total. The lowest BCUT2D eigenvalue weighted by atomic mass is 10.1. The Bertz CT molecular complexity index is 397. The lowest BCUT2D eigenvalue weighted by molar-refractivity contribution is -0.114. The van der Waals surface area contributed by atoms with E-state index in [9.17, 15) is 9.18 Å². The van der Waals surface area contributed by atoms with Crippen molar-refractivity contribution in [3.63, 3.8) is 0 Å². The molecule has 0 radical (unpaired) electrons. The van der Waals surface area contributed by atoms with Gasteiger partial charge in [0.25, 0.3) is 0 Å². The molecule has 0 unspecified atom stereocenters. The molecule has 0 aliphatic heterocycles. The first-order chi connectivity index (χ1) is 7.04. The third-order valence-electron chi connectivity index (χ3n) is 2.06. The van der Waals surface area contributed by atoms with Gasteiger partial charge < -0.3 is 4.74 Å². The van der Waals surface area contributed by atoms with Gasteiger partial charge in [-0.1, -0.05) is 12.6 Å². The van der Waals surface area contributed by atoms with E-state index in [-0.39, 0.29) is 18.0 Å².